The van der Waals surface area contributed by atoms with E-state index in [1.54, 1.807) is 0 Å². The summed E-state index contributed by atoms with van der Waals surface area (Å²) in [5, 5.41) is 0. The molecule has 0 bridgehead atoms. The van der Waals surface area contributed by atoms with Crippen molar-refractivity contribution < 1.29 is 9.53 Å². The van der Waals surface area contributed by atoms with Gasteiger partial charge in [-0.05, 0) is 12.8 Å². The Morgan fingerprint density at radius 2 is 2.44 bits per heavy atom. The third kappa shape index (κ3) is 7.21. The van der Waals surface area contributed by atoms with Gasteiger partial charge in [-0.25, -0.2) is 0 Å². The Bertz CT molecular complexity index is 97.1. The van der Waals surface area contributed by atoms with E-state index < -0.39 is 0 Å². The molecule has 0 aliphatic carbocycles. The molecule has 0 unspecified atom stereocenters. The smallest absolute Gasteiger partial charge is 0.302 e. The summed E-state index contributed by atoms with van der Waals surface area (Å²) in [6.45, 7) is 5.46. The highest BCUT2D eigenvalue weighted by molar-refractivity contribution is 5.65. The minimum Gasteiger partial charge on any atom is -0.466 e. The second-order valence-corrected chi connectivity index (χ2v) is 1.77. The van der Waals surface area contributed by atoms with Gasteiger partial charge in [0.2, 0.25) is 0 Å². The first-order valence-corrected chi connectivity index (χ1v) is 3.01. The van der Waals surface area contributed by atoms with Crippen molar-refractivity contribution in [2.75, 3.05) is 6.61 Å². The number of allylic oxidation sites excluding steroid dienone is 1. The van der Waals surface area contributed by atoms with Gasteiger partial charge < -0.3 is 4.74 Å². The number of esters is 1. The summed E-state index contributed by atoms with van der Waals surface area (Å²) in [5.41, 5.74) is 0. The molecule has 2 nitrogen and oxygen atoms in total. The molecule has 0 aliphatic heterocycles. The zero-order valence-electron chi connectivity index (χ0n) is 5.72. The van der Waals surface area contributed by atoms with E-state index >= 15 is 0 Å². The molecule has 2 heteroatoms. The minimum absolute atomic E-state index is 0.209. The van der Waals surface area contributed by atoms with Crippen molar-refractivity contribution >= 4 is 5.97 Å². The van der Waals surface area contributed by atoms with Crippen molar-refractivity contribution in [1.29, 1.82) is 0 Å². The predicted molar refractivity (Wildman–Crippen MR) is 36.1 cm³/mol. The molecule has 0 saturated carbocycles. The number of unbranched alkanes of at least 4 members (excludes halogenated alkanes) is 1. The Labute approximate surface area is 55.5 Å². The molecule has 0 N–H and O–H groups in total. The number of rotatable bonds is 4. The topological polar surface area (TPSA) is 26.3 Å². The van der Waals surface area contributed by atoms with Crippen LogP contribution in [0.1, 0.15) is 19.8 Å². The van der Waals surface area contributed by atoms with Gasteiger partial charge in [-0.1, -0.05) is 6.08 Å². The first kappa shape index (κ1) is 8.21. The summed E-state index contributed by atoms with van der Waals surface area (Å²) in [6, 6.07) is 0. The monoisotopic (exact) mass is 128 g/mol. The maximum atomic E-state index is 10.2. The van der Waals surface area contributed by atoms with Gasteiger partial charge in [-0.15, -0.1) is 6.58 Å². The summed E-state index contributed by atoms with van der Waals surface area (Å²) in [4.78, 5) is 10.2. The number of hydrogen-bond acceptors (Lipinski definition) is 2. The van der Waals surface area contributed by atoms with Crippen LogP contribution >= 0.6 is 0 Å². The van der Waals surface area contributed by atoms with E-state index in [0.29, 0.717) is 6.61 Å². The van der Waals surface area contributed by atoms with Crippen molar-refractivity contribution in [2.45, 2.75) is 19.8 Å². The van der Waals surface area contributed by atoms with E-state index in [1.165, 1.54) is 6.92 Å². The maximum Gasteiger partial charge on any atom is 0.302 e. The number of carbonyl (C=O) groups is 1. The van der Waals surface area contributed by atoms with Gasteiger partial charge in [0, 0.05) is 6.92 Å². The Hall–Kier alpha value is -0.790. The molecule has 0 amide bonds. The van der Waals surface area contributed by atoms with Crippen molar-refractivity contribution in [3.05, 3.63) is 12.7 Å². The SMILES string of the molecule is C=CCCCOC(C)=O. The summed E-state index contributed by atoms with van der Waals surface area (Å²) >= 11 is 0. The molecule has 0 rings (SSSR count). The van der Waals surface area contributed by atoms with Crippen LogP contribution in [0.5, 0.6) is 0 Å². The van der Waals surface area contributed by atoms with Crippen molar-refractivity contribution in [3.8, 4) is 0 Å². The Morgan fingerprint density at radius 1 is 1.78 bits per heavy atom. The lowest BCUT2D eigenvalue weighted by atomic mass is 10.3. The standard InChI is InChI=1S/C7H12O2/c1-3-4-5-6-9-7(2)8/h3H,1,4-6H2,2H3. The number of hydrogen-bond donors (Lipinski definition) is 0. The lowest BCUT2D eigenvalue weighted by molar-refractivity contribution is -0.141. The molecule has 0 saturated heterocycles. The van der Waals surface area contributed by atoms with E-state index in [4.69, 9.17) is 0 Å². The zero-order valence-corrected chi connectivity index (χ0v) is 5.72. The molecule has 52 valence electrons. The maximum absolute atomic E-state index is 10.2. The molecule has 0 aromatic heterocycles. The summed E-state index contributed by atoms with van der Waals surface area (Å²) in [7, 11) is 0. The molecule has 0 spiro atoms. The Kier molecular flexibility index (Phi) is 4.88. The van der Waals surface area contributed by atoms with Crippen LogP contribution in [-0.4, -0.2) is 12.6 Å². The second kappa shape index (κ2) is 5.35. The highest BCUT2D eigenvalue weighted by atomic mass is 16.5. The van der Waals surface area contributed by atoms with Gasteiger partial charge in [0.1, 0.15) is 0 Å². The van der Waals surface area contributed by atoms with Crippen LogP contribution in [0.3, 0.4) is 0 Å². The van der Waals surface area contributed by atoms with Gasteiger partial charge >= 0.3 is 5.97 Å². The van der Waals surface area contributed by atoms with Crippen LogP contribution < -0.4 is 0 Å². The van der Waals surface area contributed by atoms with Crippen molar-refractivity contribution in [2.24, 2.45) is 0 Å². The van der Waals surface area contributed by atoms with Gasteiger partial charge in [0.05, 0.1) is 6.61 Å². The highest BCUT2D eigenvalue weighted by Gasteiger charge is 1.88. The first-order chi connectivity index (χ1) is 4.27. The molecule has 0 radical (unpaired) electrons. The van der Waals surface area contributed by atoms with Gasteiger partial charge in [-0.3, -0.25) is 4.79 Å². The molecular formula is C7H12O2. The van der Waals surface area contributed by atoms with E-state index in [1.807, 2.05) is 6.08 Å². The molecule has 0 atom stereocenters. The summed E-state index contributed by atoms with van der Waals surface area (Å²) in [6.07, 6.45) is 3.60. The van der Waals surface area contributed by atoms with E-state index in [2.05, 4.69) is 11.3 Å². The predicted octanol–water partition coefficient (Wildman–Crippen LogP) is 1.52. The Balaban J connectivity index is 2.91. The summed E-state index contributed by atoms with van der Waals surface area (Å²) < 4.78 is 4.66. The van der Waals surface area contributed by atoms with Gasteiger partial charge in [0.25, 0.3) is 0 Å². The van der Waals surface area contributed by atoms with Crippen LogP contribution in [0.4, 0.5) is 0 Å². The molecular weight excluding hydrogens is 116 g/mol. The molecule has 0 aliphatic rings. The van der Waals surface area contributed by atoms with Crippen LogP contribution in [0.2, 0.25) is 0 Å². The van der Waals surface area contributed by atoms with Crippen LogP contribution in [-0.2, 0) is 9.53 Å². The average Bonchev–Trinajstić information content (AvgIpc) is 1.80. The summed E-state index contributed by atoms with van der Waals surface area (Å²) in [5.74, 6) is -0.209. The normalized spacial score (nSPS) is 8.56. The minimum atomic E-state index is -0.209. The van der Waals surface area contributed by atoms with Gasteiger partial charge in [0.15, 0.2) is 0 Å². The third-order valence-electron chi connectivity index (χ3n) is 0.858. The van der Waals surface area contributed by atoms with Crippen LogP contribution in [0, 0.1) is 0 Å². The van der Waals surface area contributed by atoms with Crippen LogP contribution in [0.15, 0.2) is 12.7 Å². The molecule has 0 aromatic carbocycles. The fraction of sp³-hybridized carbons (Fsp3) is 0.571. The first-order valence-electron chi connectivity index (χ1n) is 3.01. The van der Waals surface area contributed by atoms with Crippen molar-refractivity contribution in [3.63, 3.8) is 0 Å². The number of ether oxygens (including phenoxy) is 1. The van der Waals surface area contributed by atoms with E-state index in [-0.39, 0.29) is 5.97 Å². The second-order valence-electron chi connectivity index (χ2n) is 1.77. The molecule has 9 heavy (non-hydrogen) atoms. The van der Waals surface area contributed by atoms with E-state index in [0.717, 1.165) is 12.8 Å². The third-order valence-corrected chi connectivity index (χ3v) is 0.858. The molecule has 0 aromatic rings. The molecule has 0 heterocycles. The van der Waals surface area contributed by atoms with Gasteiger partial charge in [-0.2, -0.15) is 0 Å². The highest BCUT2D eigenvalue weighted by Crippen LogP contribution is 1.89. The lowest BCUT2D eigenvalue weighted by Crippen LogP contribution is -1.99. The quantitative estimate of drug-likeness (QED) is 0.326. The molecule has 0 fully saturated rings. The largest absolute Gasteiger partial charge is 0.466 e. The Morgan fingerprint density at radius 3 is 2.89 bits per heavy atom. The number of carbonyl (C=O) groups excluding carboxylic acids is 1. The fourth-order valence-corrected chi connectivity index (χ4v) is 0.444. The lowest BCUT2D eigenvalue weighted by Gasteiger charge is -1.96. The van der Waals surface area contributed by atoms with Crippen LogP contribution in [0.25, 0.3) is 0 Å². The fourth-order valence-electron chi connectivity index (χ4n) is 0.444. The average molecular weight is 128 g/mol. The van der Waals surface area contributed by atoms with E-state index in [9.17, 15) is 4.79 Å². The zero-order chi connectivity index (χ0) is 7.11. The van der Waals surface area contributed by atoms with Crippen molar-refractivity contribution in [1.82, 2.24) is 0 Å².